The fraction of sp³-hybridized carbons (Fsp3) is 0.562. The van der Waals surface area contributed by atoms with Gasteiger partial charge >= 0.3 is 6.09 Å². The van der Waals surface area contributed by atoms with Gasteiger partial charge in [0.2, 0.25) is 0 Å². The summed E-state index contributed by atoms with van der Waals surface area (Å²) >= 11 is 0. The molecule has 0 saturated heterocycles. The molecule has 0 bridgehead atoms. The molecular weight excluding hydrogens is 334 g/mol. The standard InChI is InChI=1S/C16H25NO6S/c1-11-6-8-13(9-7-11)24(20,21)22-10-14(18)12(2)17-15(19)23-16(3,4)5/h6-9,12,14,18H,10H2,1-5H3,(H,17,19)/t12-,14+/m0/s1. The molecule has 0 unspecified atom stereocenters. The van der Waals surface area contributed by atoms with Crippen LogP contribution in [0, 0.1) is 6.92 Å². The van der Waals surface area contributed by atoms with E-state index >= 15 is 0 Å². The van der Waals surface area contributed by atoms with Crippen LogP contribution in [0.25, 0.3) is 0 Å². The number of amides is 1. The summed E-state index contributed by atoms with van der Waals surface area (Å²) in [6, 6.07) is 5.42. The summed E-state index contributed by atoms with van der Waals surface area (Å²) < 4.78 is 34.0. The molecule has 2 N–H and O–H groups in total. The number of aryl methyl sites for hydroxylation is 1. The minimum atomic E-state index is -3.97. The normalized spacial score (nSPS) is 14.8. The van der Waals surface area contributed by atoms with Crippen LogP contribution in [0.4, 0.5) is 4.79 Å². The fourth-order valence-electron chi connectivity index (χ4n) is 1.67. The van der Waals surface area contributed by atoms with Crippen LogP contribution >= 0.6 is 0 Å². The quantitative estimate of drug-likeness (QED) is 0.753. The number of carbonyl (C=O) groups excluding carboxylic acids is 1. The van der Waals surface area contributed by atoms with E-state index in [4.69, 9.17) is 8.92 Å². The number of benzene rings is 1. The molecule has 24 heavy (non-hydrogen) atoms. The van der Waals surface area contributed by atoms with Gasteiger partial charge in [-0.2, -0.15) is 8.42 Å². The minimum absolute atomic E-state index is 0.00746. The van der Waals surface area contributed by atoms with E-state index in [0.717, 1.165) is 5.56 Å². The van der Waals surface area contributed by atoms with Gasteiger partial charge in [0.05, 0.1) is 23.6 Å². The van der Waals surface area contributed by atoms with E-state index in [1.807, 2.05) is 6.92 Å². The van der Waals surface area contributed by atoms with Crippen molar-refractivity contribution in [2.75, 3.05) is 6.61 Å². The van der Waals surface area contributed by atoms with E-state index in [0.29, 0.717) is 0 Å². The maximum Gasteiger partial charge on any atom is 0.407 e. The SMILES string of the molecule is Cc1ccc(S(=O)(=O)OC[C@@H](O)[C@H](C)NC(=O)OC(C)(C)C)cc1. The predicted molar refractivity (Wildman–Crippen MR) is 89.2 cm³/mol. The highest BCUT2D eigenvalue weighted by molar-refractivity contribution is 7.86. The third-order valence-electron chi connectivity index (χ3n) is 3.03. The number of carbonyl (C=O) groups is 1. The molecule has 1 amide bonds. The average Bonchev–Trinajstić information content (AvgIpc) is 2.43. The lowest BCUT2D eigenvalue weighted by Gasteiger charge is -2.24. The van der Waals surface area contributed by atoms with Crippen LogP contribution in [-0.4, -0.2) is 44.0 Å². The number of rotatable bonds is 6. The largest absolute Gasteiger partial charge is 0.444 e. The third-order valence-corrected chi connectivity index (χ3v) is 4.32. The summed E-state index contributed by atoms with van der Waals surface area (Å²) in [7, 11) is -3.97. The highest BCUT2D eigenvalue weighted by atomic mass is 32.2. The highest BCUT2D eigenvalue weighted by Gasteiger charge is 2.24. The van der Waals surface area contributed by atoms with Crippen LogP contribution < -0.4 is 5.32 Å². The van der Waals surface area contributed by atoms with Crippen LogP contribution in [0.1, 0.15) is 33.3 Å². The monoisotopic (exact) mass is 359 g/mol. The second kappa shape index (κ2) is 7.96. The first-order valence-electron chi connectivity index (χ1n) is 7.54. The summed E-state index contributed by atoms with van der Waals surface area (Å²) in [6.45, 7) is 8.02. The van der Waals surface area contributed by atoms with Crippen LogP contribution in [-0.2, 0) is 19.0 Å². The molecule has 0 saturated carbocycles. The molecule has 0 radical (unpaired) electrons. The Labute approximate surface area is 143 Å². The molecule has 2 atom stereocenters. The highest BCUT2D eigenvalue weighted by Crippen LogP contribution is 2.14. The second-order valence-electron chi connectivity index (χ2n) is 6.55. The van der Waals surface area contributed by atoms with Gasteiger partial charge in [0, 0.05) is 0 Å². The van der Waals surface area contributed by atoms with Gasteiger partial charge in [0.1, 0.15) is 5.60 Å². The Balaban J connectivity index is 2.56. The minimum Gasteiger partial charge on any atom is -0.444 e. The van der Waals surface area contributed by atoms with Crippen molar-refractivity contribution < 1.29 is 27.2 Å². The molecule has 0 aliphatic heterocycles. The van der Waals surface area contributed by atoms with Gasteiger partial charge in [0.15, 0.2) is 0 Å². The van der Waals surface area contributed by atoms with Crippen LogP contribution in [0.3, 0.4) is 0 Å². The van der Waals surface area contributed by atoms with Crippen molar-refractivity contribution >= 4 is 16.2 Å². The number of hydrogen-bond acceptors (Lipinski definition) is 6. The molecule has 7 nitrogen and oxygen atoms in total. The van der Waals surface area contributed by atoms with Gasteiger partial charge in [-0.1, -0.05) is 17.7 Å². The summed E-state index contributed by atoms with van der Waals surface area (Å²) in [5.41, 5.74) is 0.254. The first-order chi connectivity index (χ1) is 10.9. The zero-order chi connectivity index (χ0) is 18.5. The first-order valence-corrected chi connectivity index (χ1v) is 8.95. The van der Waals surface area contributed by atoms with Crippen molar-refractivity contribution in [1.29, 1.82) is 0 Å². The lowest BCUT2D eigenvalue weighted by atomic mass is 10.2. The summed E-state index contributed by atoms with van der Waals surface area (Å²) in [6.07, 6.45) is -1.91. The van der Waals surface area contributed by atoms with E-state index in [1.165, 1.54) is 19.1 Å². The van der Waals surface area contributed by atoms with E-state index in [-0.39, 0.29) is 4.90 Å². The van der Waals surface area contributed by atoms with Crippen molar-refractivity contribution in [3.05, 3.63) is 29.8 Å². The maximum atomic E-state index is 12.0. The topological polar surface area (TPSA) is 102 Å². The summed E-state index contributed by atoms with van der Waals surface area (Å²) in [4.78, 5) is 11.6. The Kier molecular flexibility index (Phi) is 6.76. The molecule has 0 aliphatic carbocycles. The number of alkyl carbamates (subject to hydrolysis) is 1. The van der Waals surface area contributed by atoms with Gasteiger partial charge in [-0.15, -0.1) is 0 Å². The number of nitrogens with one attached hydrogen (secondary N) is 1. The molecule has 8 heteroatoms. The van der Waals surface area contributed by atoms with Gasteiger partial charge in [-0.3, -0.25) is 4.18 Å². The fourth-order valence-corrected chi connectivity index (χ4v) is 2.59. The lowest BCUT2D eigenvalue weighted by Crippen LogP contribution is -2.45. The maximum absolute atomic E-state index is 12.0. The Morgan fingerprint density at radius 1 is 1.25 bits per heavy atom. The van der Waals surface area contributed by atoms with Crippen LogP contribution in [0.2, 0.25) is 0 Å². The average molecular weight is 359 g/mol. The van der Waals surface area contributed by atoms with E-state index in [1.54, 1.807) is 32.9 Å². The zero-order valence-corrected chi connectivity index (χ0v) is 15.4. The summed E-state index contributed by atoms with van der Waals surface area (Å²) in [5, 5.41) is 12.4. The number of ether oxygens (including phenoxy) is 1. The predicted octanol–water partition coefficient (Wildman–Crippen LogP) is 1.97. The first kappa shape index (κ1) is 20.4. The van der Waals surface area contributed by atoms with Gasteiger partial charge in [-0.05, 0) is 46.8 Å². The van der Waals surface area contributed by atoms with Crippen molar-refractivity contribution in [3.63, 3.8) is 0 Å². The molecule has 0 aliphatic rings. The number of aliphatic hydroxyl groups excluding tert-OH is 1. The Bertz CT molecular complexity index is 648. The molecule has 0 spiro atoms. The molecule has 136 valence electrons. The Hall–Kier alpha value is -1.64. The molecular formula is C16H25NO6S. The van der Waals surface area contributed by atoms with Crippen molar-refractivity contribution in [1.82, 2.24) is 5.32 Å². The van der Waals surface area contributed by atoms with Gasteiger partial charge < -0.3 is 15.2 Å². The molecule has 0 aromatic heterocycles. The van der Waals surface area contributed by atoms with Crippen LogP contribution in [0.5, 0.6) is 0 Å². The molecule has 1 aromatic rings. The summed E-state index contributed by atoms with van der Waals surface area (Å²) in [5.74, 6) is 0. The van der Waals surface area contributed by atoms with Crippen LogP contribution in [0.15, 0.2) is 29.2 Å². The number of aliphatic hydroxyl groups is 1. The molecule has 1 aromatic carbocycles. The third kappa shape index (κ3) is 6.86. The molecule has 0 fully saturated rings. The number of hydrogen-bond donors (Lipinski definition) is 2. The Morgan fingerprint density at radius 3 is 2.29 bits per heavy atom. The van der Waals surface area contributed by atoms with E-state index in [9.17, 15) is 18.3 Å². The van der Waals surface area contributed by atoms with Crippen molar-refractivity contribution in [2.24, 2.45) is 0 Å². The lowest BCUT2D eigenvalue weighted by molar-refractivity contribution is 0.0378. The second-order valence-corrected chi connectivity index (χ2v) is 8.17. The molecule has 0 heterocycles. The van der Waals surface area contributed by atoms with E-state index < -0.39 is 40.6 Å². The Morgan fingerprint density at radius 2 is 1.79 bits per heavy atom. The molecule has 1 rings (SSSR count). The van der Waals surface area contributed by atoms with Crippen molar-refractivity contribution in [3.8, 4) is 0 Å². The smallest absolute Gasteiger partial charge is 0.407 e. The van der Waals surface area contributed by atoms with Gasteiger partial charge in [0.25, 0.3) is 10.1 Å². The van der Waals surface area contributed by atoms with Gasteiger partial charge in [-0.25, -0.2) is 4.79 Å². The van der Waals surface area contributed by atoms with Crippen molar-refractivity contribution in [2.45, 2.75) is 57.3 Å². The van der Waals surface area contributed by atoms with E-state index in [2.05, 4.69) is 5.32 Å². The zero-order valence-electron chi connectivity index (χ0n) is 14.6.